The maximum absolute atomic E-state index is 14.0. The quantitative estimate of drug-likeness (QED) is 0.600. The Hall–Kier alpha value is -3.88. The number of benzene rings is 1. The molecule has 0 unspecified atom stereocenters. The second-order valence-corrected chi connectivity index (χ2v) is 8.19. The summed E-state index contributed by atoms with van der Waals surface area (Å²) in [5, 5.41) is 12.3. The summed E-state index contributed by atoms with van der Waals surface area (Å²) in [4.78, 5) is 38.8. The predicted molar refractivity (Wildman–Crippen MR) is 121 cm³/mol. The van der Waals surface area contributed by atoms with Crippen molar-refractivity contribution in [3.63, 3.8) is 0 Å². The van der Waals surface area contributed by atoms with Crippen molar-refractivity contribution >= 4 is 23.4 Å². The highest BCUT2D eigenvalue weighted by Gasteiger charge is 2.30. The molecule has 0 saturated carbocycles. The number of aromatic nitrogens is 3. The van der Waals surface area contributed by atoms with E-state index in [9.17, 15) is 19.1 Å². The summed E-state index contributed by atoms with van der Waals surface area (Å²) < 4.78 is 14.0. The van der Waals surface area contributed by atoms with Crippen molar-refractivity contribution in [3.05, 3.63) is 66.0 Å². The van der Waals surface area contributed by atoms with E-state index < -0.39 is 11.8 Å². The zero-order chi connectivity index (χ0) is 23.5. The lowest BCUT2D eigenvalue weighted by molar-refractivity contribution is -0.132. The minimum absolute atomic E-state index is 0.00919. The van der Waals surface area contributed by atoms with Crippen LogP contribution in [0, 0.1) is 5.82 Å². The van der Waals surface area contributed by atoms with Gasteiger partial charge in [0.1, 0.15) is 17.5 Å². The average molecular weight is 449 g/mol. The van der Waals surface area contributed by atoms with Gasteiger partial charge < -0.3 is 15.3 Å². The number of hydrogen-bond acceptors (Lipinski definition) is 6. The number of likely N-dealkylation sites (tertiary alicyclic amines) is 1. The fourth-order valence-corrected chi connectivity index (χ4v) is 4.06. The monoisotopic (exact) mass is 449 g/mol. The van der Waals surface area contributed by atoms with Crippen molar-refractivity contribution in [3.8, 4) is 11.3 Å². The van der Waals surface area contributed by atoms with Crippen LogP contribution < -0.4 is 5.32 Å². The number of amides is 1. The number of halogens is 1. The van der Waals surface area contributed by atoms with Gasteiger partial charge in [0.25, 0.3) is 0 Å². The Kier molecular flexibility index (Phi) is 6.30. The Bertz CT molecular complexity index is 1190. The molecule has 8 nitrogen and oxygen atoms in total. The molecule has 4 rings (SSSR count). The van der Waals surface area contributed by atoms with Crippen molar-refractivity contribution in [1.82, 2.24) is 19.9 Å². The van der Waals surface area contributed by atoms with Crippen molar-refractivity contribution < 1.29 is 19.1 Å². The number of hydrogen-bond donors (Lipinski definition) is 2. The first-order valence-corrected chi connectivity index (χ1v) is 10.7. The number of rotatable bonds is 5. The van der Waals surface area contributed by atoms with E-state index in [1.807, 2.05) is 17.9 Å². The molecule has 0 radical (unpaired) electrons. The number of nitrogens with zero attached hydrogens (tertiary/aromatic N) is 4. The highest BCUT2D eigenvalue weighted by atomic mass is 19.1. The third kappa shape index (κ3) is 5.14. The molecule has 1 saturated heterocycles. The fraction of sp³-hybridized carbons (Fsp3) is 0.292. The molecule has 9 heteroatoms. The van der Waals surface area contributed by atoms with Crippen molar-refractivity contribution in [1.29, 1.82) is 0 Å². The molecule has 1 fully saturated rings. The van der Waals surface area contributed by atoms with Gasteiger partial charge in [0.2, 0.25) is 5.91 Å². The van der Waals surface area contributed by atoms with E-state index in [0.29, 0.717) is 23.9 Å². The molecular formula is C24H24FN5O3. The second-order valence-electron chi connectivity index (χ2n) is 8.19. The minimum atomic E-state index is -1.22. The van der Waals surface area contributed by atoms with E-state index in [4.69, 9.17) is 4.98 Å². The first-order chi connectivity index (χ1) is 15.8. The van der Waals surface area contributed by atoms with Crippen LogP contribution in [-0.4, -0.2) is 49.4 Å². The molecule has 1 aromatic carbocycles. The molecule has 3 aromatic rings. The summed E-state index contributed by atoms with van der Waals surface area (Å²) in [6, 6.07) is 9.04. The second kappa shape index (κ2) is 9.32. The first kappa shape index (κ1) is 22.3. The summed E-state index contributed by atoms with van der Waals surface area (Å²) in [6.07, 6.45) is 5.01. The molecule has 170 valence electrons. The molecule has 0 spiro atoms. The largest absolute Gasteiger partial charge is 0.478 e. The molecule has 0 aliphatic carbocycles. The van der Waals surface area contributed by atoms with Crippen LogP contribution in [0.15, 0.2) is 48.8 Å². The van der Waals surface area contributed by atoms with Gasteiger partial charge in [0.15, 0.2) is 0 Å². The Morgan fingerprint density at radius 1 is 1.18 bits per heavy atom. The first-order valence-electron chi connectivity index (χ1n) is 10.7. The molecule has 2 atom stereocenters. The van der Waals surface area contributed by atoms with E-state index in [1.165, 1.54) is 12.1 Å². The molecular weight excluding hydrogens is 425 g/mol. The van der Waals surface area contributed by atoms with Gasteiger partial charge in [-0.05, 0) is 50.1 Å². The third-order valence-corrected chi connectivity index (χ3v) is 5.77. The van der Waals surface area contributed by atoms with Crippen LogP contribution in [0.4, 0.5) is 15.9 Å². The summed E-state index contributed by atoms with van der Waals surface area (Å²) in [5.74, 6) is -0.991. The summed E-state index contributed by atoms with van der Waals surface area (Å²) >= 11 is 0. The van der Waals surface area contributed by atoms with Crippen molar-refractivity contribution in [2.45, 2.75) is 38.6 Å². The zero-order valence-corrected chi connectivity index (χ0v) is 18.3. The number of carbonyl (C=O) groups excluding carboxylic acids is 1. The van der Waals surface area contributed by atoms with Crippen LogP contribution in [0.25, 0.3) is 11.3 Å². The lowest BCUT2D eigenvalue weighted by Crippen LogP contribution is -2.44. The van der Waals surface area contributed by atoms with Gasteiger partial charge in [-0.25, -0.2) is 19.2 Å². The van der Waals surface area contributed by atoms with Crippen molar-refractivity contribution in [2.24, 2.45) is 0 Å². The minimum Gasteiger partial charge on any atom is -0.478 e. The maximum Gasteiger partial charge on any atom is 0.335 e. The normalized spacial score (nSPS) is 18.1. The molecule has 2 N–H and O–H groups in total. The van der Waals surface area contributed by atoms with E-state index in [2.05, 4.69) is 15.3 Å². The van der Waals surface area contributed by atoms with Crippen LogP contribution >= 0.6 is 0 Å². The molecule has 1 amide bonds. The van der Waals surface area contributed by atoms with E-state index in [0.717, 1.165) is 24.5 Å². The number of aromatic carboxylic acids is 1. The van der Waals surface area contributed by atoms with Crippen LogP contribution in [-0.2, 0) is 4.79 Å². The Balaban J connectivity index is 1.73. The number of carbonyl (C=O) groups is 2. The number of anilines is 2. The predicted octanol–water partition coefficient (Wildman–Crippen LogP) is 4.23. The molecule has 1 aliphatic heterocycles. The Morgan fingerprint density at radius 3 is 2.70 bits per heavy atom. The maximum atomic E-state index is 14.0. The van der Waals surface area contributed by atoms with E-state index >= 15 is 0 Å². The highest BCUT2D eigenvalue weighted by molar-refractivity contribution is 5.89. The van der Waals surface area contributed by atoms with Crippen LogP contribution in [0.2, 0.25) is 0 Å². The Morgan fingerprint density at radius 2 is 2.00 bits per heavy atom. The van der Waals surface area contributed by atoms with E-state index in [-0.39, 0.29) is 29.1 Å². The topological polar surface area (TPSA) is 108 Å². The molecule has 3 heterocycles. The lowest BCUT2D eigenvalue weighted by Gasteiger charge is -2.37. The van der Waals surface area contributed by atoms with Gasteiger partial charge in [-0.15, -0.1) is 0 Å². The molecule has 2 aromatic heterocycles. The van der Waals surface area contributed by atoms with Crippen molar-refractivity contribution in [2.75, 3.05) is 11.9 Å². The summed E-state index contributed by atoms with van der Waals surface area (Å²) in [5.41, 5.74) is 1.50. The number of carboxylic acids is 1. The van der Waals surface area contributed by atoms with Gasteiger partial charge >= 0.3 is 5.97 Å². The van der Waals surface area contributed by atoms with Crippen LogP contribution in [0.3, 0.4) is 0 Å². The third-order valence-electron chi connectivity index (χ3n) is 5.77. The van der Waals surface area contributed by atoms with Gasteiger partial charge in [-0.3, -0.25) is 9.78 Å². The van der Waals surface area contributed by atoms with Crippen LogP contribution in [0.5, 0.6) is 0 Å². The Labute approximate surface area is 190 Å². The van der Waals surface area contributed by atoms with Gasteiger partial charge in [-0.1, -0.05) is 0 Å². The molecule has 1 aliphatic rings. The van der Waals surface area contributed by atoms with E-state index in [1.54, 1.807) is 31.5 Å². The molecule has 0 bridgehead atoms. The smallest absolute Gasteiger partial charge is 0.335 e. The number of nitrogens with one attached hydrogen (secondary N) is 1. The van der Waals surface area contributed by atoms with Crippen LogP contribution in [0.1, 0.15) is 48.8 Å². The fourth-order valence-electron chi connectivity index (χ4n) is 4.06. The SMILES string of the molecule is CC(=O)N1C[C@H](c2nc(Nc3cc(F)cc(C(=O)O)c3)cc(-c3cccnc3)n2)CC[C@@H]1C. The number of carboxylic acid groups (broad SMARTS) is 1. The molecule has 33 heavy (non-hydrogen) atoms. The lowest BCUT2D eigenvalue weighted by atomic mass is 9.92. The number of piperidine rings is 1. The zero-order valence-electron chi connectivity index (χ0n) is 18.3. The average Bonchev–Trinajstić information content (AvgIpc) is 2.79. The standard InChI is InChI=1S/C24H24FN5O3/c1-14-5-6-17(13-30(14)15(2)31)23-28-21(16-4-3-7-26-12-16)11-22(29-23)27-20-9-18(24(32)33)8-19(25)10-20/h3-4,7-12,14,17H,5-6,13H2,1-2H3,(H,32,33)(H,27,28,29)/t14-,17+/m0/s1. The summed E-state index contributed by atoms with van der Waals surface area (Å²) in [7, 11) is 0. The van der Waals surface area contributed by atoms with Gasteiger partial charge in [-0.2, -0.15) is 0 Å². The van der Waals surface area contributed by atoms with Gasteiger partial charge in [0.05, 0.1) is 11.3 Å². The van der Waals surface area contributed by atoms with Gasteiger partial charge in [0, 0.05) is 55.1 Å². The number of pyridine rings is 1. The summed E-state index contributed by atoms with van der Waals surface area (Å²) in [6.45, 7) is 4.10. The highest BCUT2D eigenvalue weighted by Crippen LogP contribution is 2.31.